The molecule has 1 heterocycles. The van der Waals surface area contributed by atoms with Crippen molar-refractivity contribution in [3.8, 4) is 0 Å². The predicted octanol–water partition coefficient (Wildman–Crippen LogP) is 2.41. The number of hydrogen-bond donors (Lipinski definition) is 2. The van der Waals surface area contributed by atoms with E-state index in [-0.39, 0.29) is 11.4 Å². The zero-order valence-corrected chi connectivity index (χ0v) is 12.8. The molecule has 1 unspecified atom stereocenters. The molecular formula is C15H19NO4S. The highest BCUT2D eigenvalue weighted by molar-refractivity contribution is 7.89. The molecule has 0 aliphatic carbocycles. The third-order valence-corrected chi connectivity index (χ3v) is 4.63. The van der Waals surface area contributed by atoms with E-state index in [1.807, 2.05) is 13.8 Å². The molecule has 1 aromatic carbocycles. The van der Waals surface area contributed by atoms with Gasteiger partial charge in [0.25, 0.3) is 0 Å². The lowest BCUT2D eigenvalue weighted by atomic mass is 10.0. The first-order valence-corrected chi connectivity index (χ1v) is 8.19. The Morgan fingerprint density at radius 3 is 2.38 bits per heavy atom. The summed E-state index contributed by atoms with van der Waals surface area (Å²) in [5.41, 5.74) is 1.07. The molecule has 0 amide bonds. The fourth-order valence-electron chi connectivity index (χ4n) is 1.89. The van der Waals surface area contributed by atoms with Gasteiger partial charge < -0.3 is 9.52 Å². The second-order valence-corrected chi connectivity index (χ2v) is 6.87. The van der Waals surface area contributed by atoms with Crippen molar-refractivity contribution in [2.24, 2.45) is 0 Å². The molecule has 5 nitrogen and oxygen atoms in total. The van der Waals surface area contributed by atoms with Crippen molar-refractivity contribution in [2.45, 2.75) is 30.8 Å². The van der Waals surface area contributed by atoms with Crippen LogP contribution in [0.25, 0.3) is 0 Å². The third kappa shape index (κ3) is 3.93. The third-order valence-electron chi connectivity index (χ3n) is 3.20. The quantitative estimate of drug-likeness (QED) is 0.859. The van der Waals surface area contributed by atoms with E-state index in [9.17, 15) is 13.5 Å². The Morgan fingerprint density at radius 2 is 1.86 bits per heavy atom. The first kappa shape index (κ1) is 15.8. The van der Waals surface area contributed by atoms with Crippen molar-refractivity contribution in [1.82, 2.24) is 4.72 Å². The van der Waals surface area contributed by atoms with Gasteiger partial charge >= 0.3 is 0 Å². The van der Waals surface area contributed by atoms with Crippen LogP contribution >= 0.6 is 0 Å². The van der Waals surface area contributed by atoms with E-state index in [4.69, 9.17) is 4.42 Å². The number of aliphatic hydroxyl groups excluding tert-OH is 1. The molecular weight excluding hydrogens is 290 g/mol. The highest BCUT2D eigenvalue weighted by Crippen LogP contribution is 2.18. The largest absolute Gasteiger partial charge is 0.467 e. The predicted molar refractivity (Wildman–Crippen MR) is 79.4 cm³/mol. The highest BCUT2D eigenvalue weighted by Gasteiger charge is 2.18. The van der Waals surface area contributed by atoms with Gasteiger partial charge in [0.1, 0.15) is 11.9 Å². The maximum Gasteiger partial charge on any atom is 0.240 e. The summed E-state index contributed by atoms with van der Waals surface area (Å²) in [7, 11) is -3.64. The lowest BCUT2D eigenvalue weighted by Gasteiger charge is -2.11. The van der Waals surface area contributed by atoms with Crippen LogP contribution in [0.2, 0.25) is 0 Å². The van der Waals surface area contributed by atoms with Crippen molar-refractivity contribution in [2.75, 3.05) is 6.54 Å². The zero-order valence-electron chi connectivity index (χ0n) is 12.0. The fraction of sp³-hybridized carbons (Fsp3) is 0.333. The standard InChI is InChI=1S/C15H19NO4S/c1-11(2)12-5-7-13(8-6-12)21(18,19)16-10-14(17)15-4-3-9-20-15/h3-9,11,14,16-17H,10H2,1-2H3. The topological polar surface area (TPSA) is 79.5 Å². The van der Waals surface area contributed by atoms with Crippen LogP contribution in [-0.2, 0) is 10.0 Å². The molecule has 21 heavy (non-hydrogen) atoms. The summed E-state index contributed by atoms with van der Waals surface area (Å²) < 4.78 is 31.7. The molecule has 0 fully saturated rings. The number of sulfonamides is 1. The second-order valence-electron chi connectivity index (χ2n) is 5.11. The van der Waals surface area contributed by atoms with Gasteiger partial charge in [-0.25, -0.2) is 13.1 Å². The van der Waals surface area contributed by atoms with Gasteiger partial charge in [0.15, 0.2) is 0 Å². The maximum atomic E-state index is 12.1. The molecule has 0 bridgehead atoms. The van der Waals surface area contributed by atoms with E-state index in [2.05, 4.69) is 4.72 Å². The monoisotopic (exact) mass is 309 g/mol. The van der Waals surface area contributed by atoms with Gasteiger partial charge in [-0.1, -0.05) is 26.0 Å². The number of hydrogen-bond acceptors (Lipinski definition) is 4. The van der Waals surface area contributed by atoms with Crippen molar-refractivity contribution in [1.29, 1.82) is 0 Å². The van der Waals surface area contributed by atoms with Crippen LogP contribution in [0, 0.1) is 0 Å². The van der Waals surface area contributed by atoms with Gasteiger partial charge in [0.2, 0.25) is 10.0 Å². The molecule has 0 radical (unpaired) electrons. The number of aliphatic hydroxyl groups is 1. The van der Waals surface area contributed by atoms with E-state index in [1.54, 1.807) is 36.4 Å². The van der Waals surface area contributed by atoms with Crippen molar-refractivity contribution in [3.05, 3.63) is 54.0 Å². The van der Waals surface area contributed by atoms with E-state index >= 15 is 0 Å². The zero-order chi connectivity index (χ0) is 15.5. The molecule has 2 aromatic rings. The molecule has 0 saturated heterocycles. The first-order chi connectivity index (χ1) is 9.90. The summed E-state index contributed by atoms with van der Waals surface area (Å²) in [5, 5.41) is 9.82. The van der Waals surface area contributed by atoms with Crippen LogP contribution in [0.1, 0.15) is 37.2 Å². The minimum atomic E-state index is -3.64. The average molecular weight is 309 g/mol. The minimum absolute atomic E-state index is 0.137. The Balaban J connectivity index is 2.04. The molecule has 114 valence electrons. The highest BCUT2D eigenvalue weighted by atomic mass is 32.2. The van der Waals surface area contributed by atoms with Gasteiger partial charge in [0.05, 0.1) is 11.2 Å². The molecule has 2 N–H and O–H groups in total. The Hall–Kier alpha value is -1.63. The summed E-state index contributed by atoms with van der Waals surface area (Å²) in [6, 6.07) is 9.95. The van der Waals surface area contributed by atoms with E-state index < -0.39 is 16.1 Å². The summed E-state index contributed by atoms with van der Waals surface area (Å²) >= 11 is 0. The maximum absolute atomic E-state index is 12.1. The SMILES string of the molecule is CC(C)c1ccc(S(=O)(=O)NCC(O)c2ccco2)cc1. The molecule has 2 rings (SSSR count). The second kappa shape index (κ2) is 6.43. The molecule has 6 heteroatoms. The van der Waals surface area contributed by atoms with Crippen molar-refractivity contribution in [3.63, 3.8) is 0 Å². The minimum Gasteiger partial charge on any atom is -0.467 e. The molecule has 1 aromatic heterocycles. The van der Waals surface area contributed by atoms with Gasteiger partial charge in [-0.3, -0.25) is 0 Å². The molecule has 0 saturated carbocycles. The summed E-state index contributed by atoms with van der Waals surface area (Å²) in [6.07, 6.45) is 0.419. The summed E-state index contributed by atoms with van der Waals surface area (Å²) in [5.74, 6) is 0.670. The molecule has 0 spiro atoms. The van der Waals surface area contributed by atoms with Gasteiger partial charge in [-0.05, 0) is 35.7 Å². The number of nitrogens with one attached hydrogen (secondary N) is 1. The Bertz CT molecular complexity index is 660. The number of furan rings is 1. The van der Waals surface area contributed by atoms with Gasteiger partial charge in [-0.15, -0.1) is 0 Å². The van der Waals surface area contributed by atoms with Gasteiger partial charge in [-0.2, -0.15) is 0 Å². The van der Waals surface area contributed by atoms with E-state index in [0.717, 1.165) is 5.56 Å². The van der Waals surface area contributed by atoms with E-state index in [1.165, 1.54) is 6.26 Å². The molecule has 1 atom stereocenters. The van der Waals surface area contributed by atoms with E-state index in [0.29, 0.717) is 11.7 Å². The number of rotatable bonds is 6. The summed E-state index contributed by atoms with van der Waals surface area (Å²) in [6.45, 7) is 3.95. The van der Waals surface area contributed by atoms with Crippen molar-refractivity contribution >= 4 is 10.0 Å². The fourth-order valence-corrected chi connectivity index (χ4v) is 2.92. The Morgan fingerprint density at radius 1 is 1.19 bits per heavy atom. The lowest BCUT2D eigenvalue weighted by Crippen LogP contribution is -2.28. The Kier molecular flexibility index (Phi) is 4.82. The molecule has 0 aliphatic heterocycles. The van der Waals surface area contributed by atoms with Crippen LogP contribution in [-0.4, -0.2) is 20.1 Å². The van der Waals surface area contributed by atoms with Crippen LogP contribution in [0.3, 0.4) is 0 Å². The van der Waals surface area contributed by atoms with Crippen LogP contribution in [0.15, 0.2) is 52.0 Å². The van der Waals surface area contributed by atoms with Crippen LogP contribution in [0.4, 0.5) is 0 Å². The normalized spacial score (nSPS) is 13.5. The smallest absolute Gasteiger partial charge is 0.240 e. The molecule has 0 aliphatic rings. The summed E-state index contributed by atoms with van der Waals surface area (Å²) in [4.78, 5) is 0.179. The van der Waals surface area contributed by atoms with Crippen LogP contribution < -0.4 is 4.72 Å². The van der Waals surface area contributed by atoms with Crippen LogP contribution in [0.5, 0.6) is 0 Å². The number of benzene rings is 1. The lowest BCUT2D eigenvalue weighted by molar-refractivity contribution is 0.154. The average Bonchev–Trinajstić information content (AvgIpc) is 2.99. The Labute approximate surface area is 124 Å². The van der Waals surface area contributed by atoms with Gasteiger partial charge in [0, 0.05) is 6.54 Å². The van der Waals surface area contributed by atoms with Crippen molar-refractivity contribution < 1.29 is 17.9 Å². The first-order valence-electron chi connectivity index (χ1n) is 6.71.